The zero-order valence-electron chi connectivity index (χ0n) is 8.43. The van der Waals surface area contributed by atoms with Crippen molar-refractivity contribution in [2.75, 3.05) is 0 Å². The van der Waals surface area contributed by atoms with E-state index in [9.17, 15) is 4.79 Å². The van der Waals surface area contributed by atoms with E-state index in [0.29, 0.717) is 6.42 Å². The molecule has 81 valence electrons. The molecule has 0 atom stereocenters. The van der Waals surface area contributed by atoms with Crippen LogP contribution in [0.3, 0.4) is 0 Å². The second-order valence-corrected chi connectivity index (χ2v) is 3.10. The SMILES string of the molecule is CCC[CH]C(=O)Oc1cc(O)cc(O)c1. The van der Waals surface area contributed by atoms with E-state index in [0.717, 1.165) is 12.5 Å². The second kappa shape index (κ2) is 5.24. The molecule has 2 N–H and O–H groups in total. The second-order valence-electron chi connectivity index (χ2n) is 3.10. The van der Waals surface area contributed by atoms with Crippen LogP contribution in [0.25, 0.3) is 0 Å². The molecule has 0 fully saturated rings. The summed E-state index contributed by atoms with van der Waals surface area (Å²) in [6, 6.07) is 3.68. The summed E-state index contributed by atoms with van der Waals surface area (Å²) in [6.07, 6.45) is 2.92. The van der Waals surface area contributed by atoms with Gasteiger partial charge in [-0.3, -0.25) is 4.79 Å². The largest absolute Gasteiger partial charge is 0.508 e. The summed E-state index contributed by atoms with van der Waals surface area (Å²) in [5.74, 6) is -0.645. The fourth-order valence-electron chi connectivity index (χ4n) is 1.05. The topological polar surface area (TPSA) is 66.8 Å². The molecule has 0 saturated heterocycles. The number of phenolic OH excluding ortho intramolecular Hbond substituents is 2. The summed E-state index contributed by atoms with van der Waals surface area (Å²) in [7, 11) is 0. The number of ether oxygens (including phenoxy) is 1. The van der Waals surface area contributed by atoms with Crippen LogP contribution in [-0.4, -0.2) is 16.2 Å². The third kappa shape index (κ3) is 3.89. The van der Waals surface area contributed by atoms with E-state index in [1.165, 1.54) is 18.6 Å². The molecule has 0 aliphatic carbocycles. The Morgan fingerprint density at radius 3 is 2.47 bits per heavy atom. The van der Waals surface area contributed by atoms with E-state index in [-0.39, 0.29) is 17.2 Å². The molecule has 0 heterocycles. The fourth-order valence-corrected chi connectivity index (χ4v) is 1.05. The minimum Gasteiger partial charge on any atom is -0.508 e. The molecule has 1 aromatic rings. The maximum atomic E-state index is 11.2. The average Bonchev–Trinajstić information content (AvgIpc) is 2.13. The maximum absolute atomic E-state index is 11.2. The number of aromatic hydroxyl groups is 2. The monoisotopic (exact) mass is 209 g/mol. The van der Waals surface area contributed by atoms with E-state index in [2.05, 4.69) is 0 Å². The van der Waals surface area contributed by atoms with Crippen LogP contribution in [0, 0.1) is 6.42 Å². The Labute approximate surface area is 88.1 Å². The van der Waals surface area contributed by atoms with Crippen LogP contribution in [0.5, 0.6) is 17.2 Å². The Kier molecular flexibility index (Phi) is 3.97. The van der Waals surface area contributed by atoms with Gasteiger partial charge in [-0.05, 0) is 6.42 Å². The number of carbonyl (C=O) groups is 1. The van der Waals surface area contributed by atoms with Gasteiger partial charge < -0.3 is 14.9 Å². The zero-order chi connectivity index (χ0) is 11.3. The van der Waals surface area contributed by atoms with Gasteiger partial charge in [0.2, 0.25) is 0 Å². The number of hydrogen-bond donors (Lipinski definition) is 2. The van der Waals surface area contributed by atoms with Crippen LogP contribution in [-0.2, 0) is 4.79 Å². The van der Waals surface area contributed by atoms with Gasteiger partial charge in [0, 0.05) is 18.2 Å². The predicted octanol–water partition coefficient (Wildman–Crippen LogP) is 2.01. The van der Waals surface area contributed by atoms with Gasteiger partial charge in [0.05, 0.1) is 6.42 Å². The Balaban J connectivity index is 2.60. The molecule has 15 heavy (non-hydrogen) atoms. The molecule has 0 unspecified atom stereocenters. The highest BCUT2D eigenvalue weighted by Crippen LogP contribution is 2.25. The van der Waals surface area contributed by atoms with Crippen molar-refractivity contribution in [2.45, 2.75) is 19.8 Å². The molecule has 1 aromatic carbocycles. The van der Waals surface area contributed by atoms with Gasteiger partial charge >= 0.3 is 5.97 Å². The van der Waals surface area contributed by atoms with Crippen molar-refractivity contribution >= 4 is 5.97 Å². The number of hydrogen-bond acceptors (Lipinski definition) is 4. The lowest BCUT2D eigenvalue weighted by Gasteiger charge is -2.04. The molecule has 1 radical (unpaired) electrons. The van der Waals surface area contributed by atoms with Gasteiger partial charge in [0.15, 0.2) is 0 Å². The van der Waals surface area contributed by atoms with Gasteiger partial charge in [-0.1, -0.05) is 13.3 Å². The van der Waals surface area contributed by atoms with Crippen molar-refractivity contribution in [1.82, 2.24) is 0 Å². The minimum absolute atomic E-state index is 0.129. The van der Waals surface area contributed by atoms with E-state index >= 15 is 0 Å². The van der Waals surface area contributed by atoms with Crippen LogP contribution in [0.1, 0.15) is 19.8 Å². The summed E-state index contributed by atoms with van der Waals surface area (Å²) in [6.45, 7) is 1.95. The smallest absolute Gasteiger partial charge is 0.315 e. The van der Waals surface area contributed by atoms with Crippen LogP contribution in [0.4, 0.5) is 0 Å². The van der Waals surface area contributed by atoms with Gasteiger partial charge in [-0.15, -0.1) is 0 Å². The highest BCUT2D eigenvalue weighted by Gasteiger charge is 2.06. The van der Waals surface area contributed by atoms with Crippen molar-refractivity contribution in [3.63, 3.8) is 0 Å². The van der Waals surface area contributed by atoms with E-state index in [1.54, 1.807) is 0 Å². The van der Waals surface area contributed by atoms with Gasteiger partial charge in [-0.2, -0.15) is 0 Å². The third-order valence-electron chi connectivity index (χ3n) is 1.69. The molecule has 0 spiro atoms. The molecule has 0 saturated carbocycles. The van der Waals surface area contributed by atoms with Gasteiger partial charge in [0.25, 0.3) is 0 Å². The third-order valence-corrected chi connectivity index (χ3v) is 1.69. The minimum atomic E-state index is -0.484. The van der Waals surface area contributed by atoms with E-state index < -0.39 is 5.97 Å². The van der Waals surface area contributed by atoms with Crippen molar-refractivity contribution < 1.29 is 19.7 Å². The summed E-state index contributed by atoms with van der Waals surface area (Å²) < 4.78 is 4.86. The number of benzene rings is 1. The van der Waals surface area contributed by atoms with E-state index in [4.69, 9.17) is 14.9 Å². The molecule has 0 aliphatic heterocycles. The standard InChI is InChI=1S/C11H13O4/c1-2-3-4-11(14)15-10-6-8(12)5-9(13)7-10/h4-7,12-13H,2-3H2,1H3. The number of carbonyl (C=O) groups excluding carboxylic acids is 1. The lowest BCUT2D eigenvalue weighted by atomic mass is 10.2. The van der Waals surface area contributed by atoms with Crippen molar-refractivity contribution in [3.05, 3.63) is 24.6 Å². The Hall–Kier alpha value is -1.71. The fraction of sp³-hybridized carbons (Fsp3) is 0.273. The van der Waals surface area contributed by atoms with Crippen LogP contribution in [0.2, 0.25) is 0 Å². The van der Waals surface area contributed by atoms with E-state index in [1.807, 2.05) is 6.92 Å². The van der Waals surface area contributed by atoms with Crippen LogP contribution < -0.4 is 4.74 Å². The highest BCUT2D eigenvalue weighted by atomic mass is 16.5. The highest BCUT2D eigenvalue weighted by molar-refractivity contribution is 5.81. The first kappa shape index (κ1) is 11.4. The number of unbranched alkanes of at least 4 members (excludes halogenated alkanes) is 1. The molecule has 0 aromatic heterocycles. The number of phenols is 2. The molecular formula is C11H13O4. The number of rotatable bonds is 4. The molecular weight excluding hydrogens is 196 g/mol. The molecule has 0 aliphatic rings. The Morgan fingerprint density at radius 2 is 1.93 bits per heavy atom. The Morgan fingerprint density at radius 1 is 1.33 bits per heavy atom. The molecule has 1 rings (SSSR count). The summed E-state index contributed by atoms with van der Waals surface area (Å²) >= 11 is 0. The van der Waals surface area contributed by atoms with Crippen molar-refractivity contribution in [1.29, 1.82) is 0 Å². The van der Waals surface area contributed by atoms with Gasteiger partial charge in [-0.25, -0.2) is 0 Å². The average molecular weight is 209 g/mol. The van der Waals surface area contributed by atoms with Gasteiger partial charge in [0.1, 0.15) is 17.2 Å². The lowest BCUT2D eigenvalue weighted by Crippen LogP contribution is -2.07. The summed E-state index contributed by atoms with van der Waals surface area (Å²) in [5.41, 5.74) is 0. The van der Waals surface area contributed by atoms with Crippen molar-refractivity contribution in [3.8, 4) is 17.2 Å². The Bertz CT molecular complexity index is 326. The normalized spacial score (nSPS) is 9.93. The maximum Gasteiger partial charge on any atom is 0.315 e. The summed E-state index contributed by atoms with van der Waals surface area (Å²) in [5, 5.41) is 18.2. The lowest BCUT2D eigenvalue weighted by molar-refractivity contribution is -0.130. The predicted molar refractivity (Wildman–Crippen MR) is 54.6 cm³/mol. The quantitative estimate of drug-likeness (QED) is 0.588. The molecule has 4 heteroatoms. The van der Waals surface area contributed by atoms with Crippen molar-refractivity contribution in [2.24, 2.45) is 0 Å². The van der Waals surface area contributed by atoms with Crippen LogP contribution >= 0.6 is 0 Å². The van der Waals surface area contributed by atoms with Crippen LogP contribution in [0.15, 0.2) is 18.2 Å². The summed E-state index contributed by atoms with van der Waals surface area (Å²) in [4.78, 5) is 11.2. The first-order chi connectivity index (χ1) is 7.11. The first-order valence-electron chi connectivity index (χ1n) is 4.70. The first-order valence-corrected chi connectivity index (χ1v) is 4.70. The molecule has 4 nitrogen and oxygen atoms in total. The zero-order valence-corrected chi connectivity index (χ0v) is 8.43. The molecule has 0 amide bonds. The number of esters is 1. The molecule has 0 bridgehead atoms.